The second kappa shape index (κ2) is 5.47. The highest BCUT2D eigenvalue weighted by atomic mass is 35.5. The second-order valence-corrected chi connectivity index (χ2v) is 4.70. The standard InChI is InChI=1S/C12H16ClN3O/c1-8-6-10(11(13)15-7-8)16-12(17)9-4-2-3-5-14-9/h6-7,9,14H,2-5H2,1H3,(H,16,17)/t9-/m1/s1. The van der Waals surface area contributed by atoms with E-state index < -0.39 is 0 Å². The van der Waals surface area contributed by atoms with Gasteiger partial charge in [-0.05, 0) is 37.9 Å². The van der Waals surface area contributed by atoms with E-state index in [0.717, 1.165) is 31.4 Å². The Bertz CT molecular complexity index is 416. The van der Waals surface area contributed by atoms with Crippen LogP contribution in [0.3, 0.4) is 0 Å². The molecule has 1 saturated heterocycles. The molecule has 1 aliphatic heterocycles. The summed E-state index contributed by atoms with van der Waals surface area (Å²) < 4.78 is 0. The van der Waals surface area contributed by atoms with E-state index in [1.165, 1.54) is 0 Å². The molecule has 0 unspecified atom stereocenters. The van der Waals surface area contributed by atoms with Gasteiger partial charge < -0.3 is 10.6 Å². The number of carbonyl (C=O) groups is 1. The first kappa shape index (κ1) is 12.3. The number of aromatic nitrogens is 1. The number of carbonyl (C=O) groups excluding carboxylic acids is 1. The van der Waals surface area contributed by atoms with Gasteiger partial charge in [0, 0.05) is 6.20 Å². The van der Waals surface area contributed by atoms with Crippen LogP contribution < -0.4 is 10.6 Å². The molecule has 2 N–H and O–H groups in total. The first-order valence-electron chi connectivity index (χ1n) is 5.83. The molecule has 0 spiro atoms. The van der Waals surface area contributed by atoms with Crippen molar-refractivity contribution in [2.24, 2.45) is 0 Å². The third-order valence-electron chi connectivity index (χ3n) is 2.86. The zero-order valence-corrected chi connectivity index (χ0v) is 10.5. The molecule has 92 valence electrons. The van der Waals surface area contributed by atoms with Gasteiger partial charge in [0.1, 0.15) is 0 Å². The SMILES string of the molecule is Cc1cnc(Cl)c(NC(=O)[C@H]2CCCCN2)c1. The molecule has 0 aromatic carbocycles. The minimum absolute atomic E-state index is 0.0287. The van der Waals surface area contributed by atoms with Crippen molar-refractivity contribution in [3.8, 4) is 0 Å². The molecule has 1 amide bonds. The summed E-state index contributed by atoms with van der Waals surface area (Å²) in [5, 5.41) is 6.36. The van der Waals surface area contributed by atoms with E-state index in [1.807, 2.05) is 13.0 Å². The monoisotopic (exact) mass is 253 g/mol. The Morgan fingerprint density at radius 3 is 3.12 bits per heavy atom. The van der Waals surface area contributed by atoms with Crippen LogP contribution in [0, 0.1) is 6.92 Å². The normalized spacial score (nSPS) is 20.0. The Morgan fingerprint density at radius 2 is 2.41 bits per heavy atom. The summed E-state index contributed by atoms with van der Waals surface area (Å²) in [6, 6.07) is 1.72. The van der Waals surface area contributed by atoms with Gasteiger partial charge in [0.05, 0.1) is 11.7 Å². The van der Waals surface area contributed by atoms with Gasteiger partial charge in [-0.3, -0.25) is 4.79 Å². The van der Waals surface area contributed by atoms with E-state index in [4.69, 9.17) is 11.6 Å². The van der Waals surface area contributed by atoms with Crippen LogP contribution in [0.25, 0.3) is 0 Å². The predicted molar refractivity (Wildman–Crippen MR) is 68.3 cm³/mol. The summed E-state index contributed by atoms with van der Waals surface area (Å²) in [6.45, 7) is 2.82. The molecule has 0 saturated carbocycles. The van der Waals surface area contributed by atoms with Gasteiger partial charge >= 0.3 is 0 Å². The molecule has 4 nitrogen and oxygen atoms in total. The minimum Gasteiger partial charge on any atom is -0.322 e. The average Bonchev–Trinajstić information content (AvgIpc) is 2.35. The van der Waals surface area contributed by atoms with Gasteiger partial charge in [-0.15, -0.1) is 0 Å². The van der Waals surface area contributed by atoms with Crippen LogP contribution in [0.2, 0.25) is 5.15 Å². The van der Waals surface area contributed by atoms with Crippen LogP contribution in [-0.4, -0.2) is 23.5 Å². The van der Waals surface area contributed by atoms with Crippen molar-refractivity contribution in [3.05, 3.63) is 23.0 Å². The van der Waals surface area contributed by atoms with Crippen LogP contribution in [-0.2, 0) is 4.79 Å². The number of anilines is 1. The molecule has 1 fully saturated rings. The minimum atomic E-state index is -0.111. The molecule has 0 bridgehead atoms. The lowest BCUT2D eigenvalue weighted by atomic mass is 10.0. The number of hydrogen-bond acceptors (Lipinski definition) is 3. The maximum Gasteiger partial charge on any atom is 0.241 e. The lowest BCUT2D eigenvalue weighted by Gasteiger charge is -2.22. The van der Waals surface area contributed by atoms with Crippen LogP contribution >= 0.6 is 11.6 Å². The van der Waals surface area contributed by atoms with Crippen molar-refractivity contribution in [1.29, 1.82) is 0 Å². The Kier molecular flexibility index (Phi) is 3.97. The molecule has 1 atom stereocenters. The van der Waals surface area contributed by atoms with E-state index >= 15 is 0 Å². The molecule has 0 aliphatic carbocycles. The molecule has 0 radical (unpaired) electrons. The Balaban J connectivity index is 2.04. The van der Waals surface area contributed by atoms with Crippen LogP contribution in [0.1, 0.15) is 24.8 Å². The van der Waals surface area contributed by atoms with Gasteiger partial charge in [0.15, 0.2) is 5.15 Å². The van der Waals surface area contributed by atoms with Gasteiger partial charge in [-0.25, -0.2) is 4.98 Å². The number of aryl methyl sites for hydroxylation is 1. The van der Waals surface area contributed by atoms with E-state index in [2.05, 4.69) is 15.6 Å². The number of pyridine rings is 1. The molecule has 17 heavy (non-hydrogen) atoms. The highest BCUT2D eigenvalue weighted by Gasteiger charge is 2.21. The average molecular weight is 254 g/mol. The van der Waals surface area contributed by atoms with Crippen LogP contribution in [0.5, 0.6) is 0 Å². The van der Waals surface area contributed by atoms with Crippen molar-refractivity contribution >= 4 is 23.2 Å². The maximum absolute atomic E-state index is 12.0. The summed E-state index contributed by atoms with van der Waals surface area (Å²) in [5.41, 5.74) is 1.56. The van der Waals surface area contributed by atoms with Gasteiger partial charge in [-0.1, -0.05) is 18.0 Å². The van der Waals surface area contributed by atoms with Gasteiger partial charge in [0.25, 0.3) is 0 Å². The molecule has 1 aromatic rings. The highest BCUT2D eigenvalue weighted by Crippen LogP contribution is 2.20. The summed E-state index contributed by atoms with van der Waals surface area (Å²) in [4.78, 5) is 16.0. The fourth-order valence-electron chi connectivity index (χ4n) is 1.94. The van der Waals surface area contributed by atoms with Gasteiger partial charge in [0.2, 0.25) is 5.91 Å². The first-order chi connectivity index (χ1) is 8.16. The van der Waals surface area contributed by atoms with Crippen molar-refractivity contribution < 1.29 is 4.79 Å². The van der Waals surface area contributed by atoms with Crippen LogP contribution in [0.15, 0.2) is 12.3 Å². The van der Waals surface area contributed by atoms with Crippen molar-refractivity contribution in [2.75, 3.05) is 11.9 Å². The molecule has 2 rings (SSSR count). The summed E-state index contributed by atoms with van der Waals surface area (Å²) in [5.74, 6) is -0.0287. The summed E-state index contributed by atoms with van der Waals surface area (Å²) in [7, 11) is 0. The lowest BCUT2D eigenvalue weighted by molar-refractivity contribution is -0.118. The topological polar surface area (TPSA) is 54.0 Å². The van der Waals surface area contributed by atoms with Crippen molar-refractivity contribution in [1.82, 2.24) is 10.3 Å². The maximum atomic E-state index is 12.0. The third kappa shape index (κ3) is 3.17. The zero-order chi connectivity index (χ0) is 12.3. The molecule has 1 aromatic heterocycles. The molecule has 5 heteroatoms. The van der Waals surface area contributed by atoms with Crippen molar-refractivity contribution in [3.63, 3.8) is 0 Å². The predicted octanol–water partition coefficient (Wildman–Crippen LogP) is 2.12. The Labute approximate surface area is 106 Å². The number of nitrogens with zero attached hydrogens (tertiary/aromatic N) is 1. The van der Waals surface area contributed by atoms with E-state index in [0.29, 0.717) is 10.8 Å². The van der Waals surface area contributed by atoms with E-state index in [-0.39, 0.29) is 11.9 Å². The quantitative estimate of drug-likeness (QED) is 0.794. The zero-order valence-electron chi connectivity index (χ0n) is 9.79. The van der Waals surface area contributed by atoms with E-state index in [9.17, 15) is 4.79 Å². The molecule has 2 heterocycles. The fraction of sp³-hybridized carbons (Fsp3) is 0.500. The largest absolute Gasteiger partial charge is 0.322 e. The molecular formula is C12H16ClN3O. The summed E-state index contributed by atoms with van der Waals surface area (Å²) in [6.07, 6.45) is 4.78. The highest BCUT2D eigenvalue weighted by molar-refractivity contribution is 6.32. The molecule has 1 aliphatic rings. The second-order valence-electron chi connectivity index (χ2n) is 4.34. The number of halogens is 1. The number of amides is 1. The van der Waals surface area contributed by atoms with Gasteiger partial charge in [-0.2, -0.15) is 0 Å². The Hall–Kier alpha value is -1.13. The van der Waals surface area contributed by atoms with E-state index in [1.54, 1.807) is 6.20 Å². The van der Waals surface area contributed by atoms with Crippen molar-refractivity contribution in [2.45, 2.75) is 32.2 Å². The third-order valence-corrected chi connectivity index (χ3v) is 3.16. The molecular weight excluding hydrogens is 238 g/mol. The Morgan fingerprint density at radius 1 is 1.59 bits per heavy atom. The number of hydrogen-bond donors (Lipinski definition) is 2. The number of piperidine rings is 1. The summed E-state index contributed by atoms with van der Waals surface area (Å²) >= 11 is 5.93. The lowest BCUT2D eigenvalue weighted by Crippen LogP contribution is -2.43. The number of nitrogens with one attached hydrogen (secondary N) is 2. The first-order valence-corrected chi connectivity index (χ1v) is 6.21. The van der Waals surface area contributed by atoms with Crippen LogP contribution in [0.4, 0.5) is 5.69 Å². The number of rotatable bonds is 2. The smallest absolute Gasteiger partial charge is 0.241 e. The fourth-order valence-corrected chi connectivity index (χ4v) is 2.09.